The molecule has 102 valence electrons. The van der Waals surface area contributed by atoms with Gasteiger partial charge in [0.25, 0.3) is 0 Å². The van der Waals surface area contributed by atoms with Crippen LogP contribution in [-0.4, -0.2) is 45.9 Å². The lowest BCUT2D eigenvalue weighted by molar-refractivity contribution is 0.199. The molecule has 0 saturated carbocycles. The highest BCUT2D eigenvalue weighted by molar-refractivity contribution is 7.98. The molecule has 0 unspecified atom stereocenters. The molecular formula is C14H24N2OS. The van der Waals surface area contributed by atoms with E-state index in [1.165, 1.54) is 11.3 Å². The van der Waals surface area contributed by atoms with Gasteiger partial charge in [0.15, 0.2) is 0 Å². The monoisotopic (exact) mass is 268 g/mol. The quantitative estimate of drug-likeness (QED) is 0.694. The summed E-state index contributed by atoms with van der Waals surface area (Å²) in [4.78, 5) is 2.32. The Morgan fingerprint density at radius 1 is 1.33 bits per heavy atom. The fraction of sp³-hybridized carbons (Fsp3) is 0.571. The number of hydrogen-bond donors (Lipinski definition) is 1. The number of nitrogens with one attached hydrogen (secondary N) is 1. The molecule has 1 rings (SSSR count). The lowest BCUT2D eigenvalue weighted by atomic mass is 10.1. The molecule has 1 aromatic carbocycles. The van der Waals surface area contributed by atoms with Crippen LogP contribution in [0.1, 0.15) is 5.56 Å². The van der Waals surface area contributed by atoms with Gasteiger partial charge in [-0.15, -0.1) is 0 Å². The number of anilines is 1. The fourth-order valence-electron chi connectivity index (χ4n) is 1.78. The highest BCUT2D eigenvalue weighted by Crippen LogP contribution is 2.19. The molecule has 1 aromatic rings. The maximum absolute atomic E-state index is 5.03. The average Bonchev–Trinajstić information content (AvgIpc) is 2.41. The smallest absolute Gasteiger partial charge is 0.0587 e. The largest absolute Gasteiger partial charge is 0.383 e. The summed E-state index contributed by atoms with van der Waals surface area (Å²) in [6.45, 7) is 3.61. The average molecular weight is 268 g/mol. The Balaban J connectivity index is 2.55. The second kappa shape index (κ2) is 9.25. The van der Waals surface area contributed by atoms with Crippen molar-refractivity contribution in [2.75, 3.05) is 50.8 Å². The summed E-state index contributed by atoms with van der Waals surface area (Å²) >= 11 is 1.88. The van der Waals surface area contributed by atoms with E-state index in [4.69, 9.17) is 4.74 Å². The molecular weight excluding hydrogens is 244 g/mol. The van der Waals surface area contributed by atoms with Gasteiger partial charge in [0.1, 0.15) is 0 Å². The number of ether oxygens (including phenoxy) is 1. The first-order valence-corrected chi connectivity index (χ1v) is 7.66. The Hall–Kier alpha value is -0.710. The minimum Gasteiger partial charge on any atom is -0.383 e. The third-order valence-electron chi connectivity index (χ3n) is 2.83. The third-order valence-corrected chi connectivity index (χ3v) is 3.42. The van der Waals surface area contributed by atoms with Crippen LogP contribution in [0.15, 0.2) is 24.3 Å². The number of nitrogens with zero attached hydrogens (tertiary/aromatic N) is 1. The lowest BCUT2D eigenvalue weighted by Crippen LogP contribution is -2.24. The number of para-hydroxylation sites is 1. The lowest BCUT2D eigenvalue weighted by Gasteiger charge is -2.22. The van der Waals surface area contributed by atoms with Crippen molar-refractivity contribution in [3.63, 3.8) is 0 Å². The van der Waals surface area contributed by atoms with E-state index >= 15 is 0 Å². The molecule has 0 saturated heterocycles. The van der Waals surface area contributed by atoms with E-state index in [1.54, 1.807) is 7.11 Å². The summed E-state index contributed by atoms with van der Waals surface area (Å²) in [5.41, 5.74) is 2.66. The van der Waals surface area contributed by atoms with Crippen molar-refractivity contribution in [1.29, 1.82) is 0 Å². The predicted octanol–water partition coefficient (Wildman–Crippen LogP) is 2.22. The summed E-state index contributed by atoms with van der Waals surface area (Å²) in [5.74, 6) is 1.15. The van der Waals surface area contributed by atoms with Crippen LogP contribution in [0.3, 0.4) is 0 Å². The molecule has 0 bridgehead atoms. The molecule has 0 radical (unpaired) electrons. The first-order valence-electron chi connectivity index (χ1n) is 6.27. The normalized spacial score (nSPS) is 10.6. The molecule has 18 heavy (non-hydrogen) atoms. The molecule has 0 aliphatic heterocycles. The Bertz CT molecular complexity index is 333. The van der Waals surface area contributed by atoms with E-state index in [2.05, 4.69) is 47.8 Å². The number of thioether (sulfide) groups is 1. The number of methoxy groups -OCH3 is 1. The molecule has 4 heteroatoms. The van der Waals surface area contributed by atoms with Crippen LogP contribution in [0.5, 0.6) is 0 Å². The molecule has 0 aliphatic rings. The summed E-state index contributed by atoms with van der Waals surface area (Å²) in [5, 5.41) is 3.40. The van der Waals surface area contributed by atoms with Crippen LogP contribution in [0.4, 0.5) is 5.69 Å². The van der Waals surface area contributed by atoms with Gasteiger partial charge in [0, 0.05) is 45.2 Å². The molecule has 0 atom stereocenters. The van der Waals surface area contributed by atoms with Gasteiger partial charge in [-0.2, -0.15) is 11.8 Å². The van der Waals surface area contributed by atoms with Gasteiger partial charge in [-0.1, -0.05) is 18.2 Å². The Morgan fingerprint density at radius 2 is 2.11 bits per heavy atom. The van der Waals surface area contributed by atoms with E-state index in [0.717, 1.165) is 32.0 Å². The standard InChI is InChI=1S/C14H24N2OS/c1-16(9-11-18-3)14-7-5-4-6-13(14)12-15-8-10-17-2/h4-7,15H,8-12H2,1-3H3. The molecule has 1 N–H and O–H groups in total. The van der Waals surface area contributed by atoms with Gasteiger partial charge < -0.3 is 15.0 Å². The minimum atomic E-state index is 0.754. The number of rotatable bonds is 9. The second-order valence-electron chi connectivity index (χ2n) is 4.21. The summed E-state index contributed by atoms with van der Waals surface area (Å²) in [7, 11) is 3.88. The summed E-state index contributed by atoms with van der Waals surface area (Å²) in [6, 6.07) is 8.57. The van der Waals surface area contributed by atoms with Gasteiger partial charge in [-0.05, 0) is 17.9 Å². The Labute approximate surface area is 115 Å². The minimum absolute atomic E-state index is 0.754. The van der Waals surface area contributed by atoms with Crippen molar-refractivity contribution in [2.24, 2.45) is 0 Å². The van der Waals surface area contributed by atoms with E-state index in [1.807, 2.05) is 11.8 Å². The molecule has 0 spiro atoms. The van der Waals surface area contributed by atoms with Crippen LogP contribution in [0, 0.1) is 0 Å². The zero-order valence-electron chi connectivity index (χ0n) is 11.6. The van der Waals surface area contributed by atoms with Crippen LogP contribution in [0.25, 0.3) is 0 Å². The maximum Gasteiger partial charge on any atom is 0.0587 e. The van der Waals surface area contributed by atoms with Crippen molar-refractivity contribution >= 4 is 17.4 Å². The number of hydrogen-bond acceptors (Lipinski definition) is 4. The zero-order valence-corrected chi connectivity index (χ0v) is 12.4. The first-order chi connectivity index (χ1) is 8.79. The molecule has 3 nitrogen and oxygen atoms in total. The highest BCUT2D eigenvalue weighted by Gasteiger charge is 2.05. The summed E-state index contributed by atoms with van der Waals surface area (Å²) < 4.78 is 5.03. The van der Waals surface area contributed by atoms with Crippen LogP contribution in [0.2, 0.25) is 0 Å². The van der Waals surface area contributed by atoms with E-state index in [0.29, 0.717) is 0 Å². The topological polar surface area (TPSA) is 24.5 Å². The van der Waals surface area contributed by atoms with Gasteiger partial charge in [0.05, 0.1) is 6.61 Å². The van der Waals surface area contributed by atoms with Gasteiger partial charge in [-0.25, -0.2) is 0 Å². The predicted molar refractivity (Wildman–Crippen MR) is 81.7 cm³/mol. The highest BCUT2D eigenvalue weighted by atomic mass is 32.2. The zero-order chi connectivity index (χ0) is 13.2. The van der Waals surface area contributed by atoms with E-state index < -0.39 is 0 Å². The fourth-order valence-corrected chi connectivity index (χ4v) is 2.24. The van der Waals surface area contributed by atoms with Crippen LogP contribution < -0.4 is 10.2 Å². The van der Waals surface area contributed by atoms with E-state index in [-0.39, 0.29) is 0 Å². The maximum atomic E-state index is 5.03. The number of benzene rings is 1. The Morgan fingerprint density at radius 3 is 2.83 bits per heavy atom. The van der Waals surface area contributed by atoms with Crippen molar-refractivity contribution in [3.05, 3.63) is 29.8 Å². The van der Waals surface area contributed by atoms with Gasteiger partial charge >= 0.3 is 0 Å². The summed E-state index contributed by atoms with van der Waals surface area (Å²) in [6.07, 6.45) is 2.14. The van der Waals surface area contributed by atoms with Crippen molar-refractivity contribution in [3.8, 4) is 0 Å². The van der Waals surface area contributed by atoms with Gasteiger partial charge in [-0.3, -0.25) is 0 Å². The molecule has 0 amide bonds. The molecule has 0 fully saturated rings. The van der Waals surface area contributed by atoms with Crippen LogP contribution in [-0.2, 0) is 11.3 Å². The van der Waals surface area contributed by atoms with E-state index in [9.17, 15) is 0 Å². The second-order valence-corrected chi connectivity index (χ2v) is 5.20. The van der Waals surface area contributed by atoms with Crippen molar-refractivity contribution < 1.29 is 4.74 Å². The van der Waals surface area contributed by atoms with Gasteiger partial charge in [0.2, 0.25) is 0 Å². The molecule has 0 heterocycles. The third kappa shape index (κ3) is 5.29. The van der Waals surface area contributed by atoms with Crippen molar-refractivity contribution in [1.82, 2.24) is 5.32 Å². The first kappa shape index (κ1) is 15.3. The SMILES string of the molecule is COCCNCc1ccccc1N(C)CCSC. The molecule has 0 aliphatic carbocycles. The van der Waals surface area contributed by atoms with Crippen molar-refractivity contribution in [2.45, 2.75) is 6.54 Å². The Kier molecular flexibility index (Phi) is 7.89. The molecule has 0 aromatic heterocycles. The van der Waals surface area contributed by atoms with Crippen LogP contribution >= 0.6 is 11.8 Å².